The van der Waals surface area contributed by atoms with Crippen LogP contribution in [0.4, 0.5) is 0 Å². The molecule has 0 aliphatic rings. The van der Waals surface area contributed by atoms with Gasteiger partial charge in [-0.05, 0) is 60.2 Å². The fourth-order valence-electron chi connectivity index (χ4n) is 2.09. The molecule has 128 valence electrons. The Kier molecular flexibility index (Phi) is 6.76. The number of amides is 2. The van der Waals surface area contributed by atoms with Gasteiger partial charge in [-0.15, -0.1) is 11.3 Å². The second-order valence-corrected chi connectivity index (χ2v) is 8.20. The van der Waals surface area contributed by atoms with Gasteiger partial charge in [-0.3, -0.25) is 20.4 Å². The van der Waals surface area contributed by atoms with Crippen molar-refractivity contribution in [2.24, 2.45) is 0 Å². The van der Waals surface area contributed by atoms with Gasteiger partial charge in [0, 0.05) is 17.8 Å². The highest BCUT2D eigenvalue weighted by Crippen LogP contribution is 2.21. The van der Waals surface area contributed by atoms with Crippen LogP contribution >= 0.6 is 39.0 Å². The zero-order valence-electron chi connectivity index (χ0n) is 13.5. The minimum Gasteiger partial charge on any atom is -0.273 e. The monoisotopic (exact) mass is 428 g/mol. The van der Waals surface area contributed by atoms with E-state index in [1.165, 1.54) is 23.1 Å². The Hall–Kier alpha value is -1.45. The van der Waals surface area contributed by atoms with Crippen LogP contribution in [0.2, 0.25) is 0 Å². The van der Waals surface area contributed by atoms with Crippen molar-refractivity contribution in [1.29, 1.82) is 0 Å². The summed E-state index contributed by atoms with van der Waals surface area (Å²) in [6, 6.07) is 3.47. The molecule has 2 heterocycles. The minimum absolute atomic E-state index is 0.248. The molecule has 0 aromatic carbocycles. The third-order valence-electron chi connectivity index (χ3n) is 3.30. The van der Waals surface area contributed by atoms with Gasteiger partial charge in [-0.1, -0.05) is 11.8 Å². The van der Waals surface area contributed by atoms with Crippen molar-refractivity contribution in [3.05, 3.63) is 37.7 Å². The molecular formula is C15H17BrN4O2S2. The van der Waals surface area contributed by atoms with Crippen molar-refractivity contribution in [3.8, 4) is 0 Å². The molecule has 0 unspecified atom stereocenters. The topological polar surface area (TPSA) is 84.0 Å². The number of carbonyl (C=O) groups excluding carboxylic acids is 2. The van der Waals surface area contributed by atoms with Crippen molar-refractivity contribution in [2.75, 3.05) is 6.26 Å². The maximum atomic E-state index is 11.9. The molecule has 0 aliphatic carbocycles. The Morgan fingerprint density at radius 2 is 1.88 bits per heavy atom. The van der Waals surface area contributed by atoms with Crippen molar-refractivity contribution >= 4 is 50.8 Å². The van der Waals surface area contributed by atoms with E-state index < -0.39 is 0 Å². The number of aromatic nitrogens is 2. The first-order chi connectivity index (χ1) is 11.4. The highest BCUT2D eigenvalue weighted by atomic mass is 79.9. The normalized spacial score (nSPS) is 10.5. The van der Waals surface area contributed by atoms with Crippen molar-refractivity contribution < 1.29 is 9.59 Å². The standard InChI is InChI=1S/C15H17BrN4O2S2/c1-8-10(9(2)18-15(17-8)23-3)4-7-13(21)19-20-14(22)11-5-6-12(16)24-11/h5-6H,4,7H2,1-3H3,(H,19,21)(H,20,22). The van der Waals surface area contributed by atoms with E-state index in [-0.39, 0.29) is 18.2 Å². The lowest BCUT2D eigenvalue weighted by Crippen LogP contribution is -2.41. The molecule has 0 fully saturated rings. The average molecular weight is 429 g/mol. The fraction of sp³-hybridized carbons (Fsp3) is 0.333. The van der Waals surface area contributed by atoms with Crippen LogP contribution in [-0.2, 0) is 11.2 Å². The van der Waals surface area contributed by atoms with E-state index >= 15 is 0 Å². The summed E-state index contributed by atoms with van der Waals surface area (Å²) in [4.78, 5) is 33.1. The number of thioether (sulfide) groups is 1. The predicted molar refractivity (Wildman–Crippen MR) is 99.2 cm³/mol. The minimum atomic E-state index is -0.334. The smallest absolute Gasteiger partial charge is 0.273 e. The van der Waals surface area contributed by atoms with E-state index in [4.69, 9.17) is 0 Å². The average Bonchev–Trinajstić information content (AvgIpc) is 2.98. The van der Waals surface area contributed by atoms with Crippen LogP contribution < -0.4 is 10.9 Å². The number of carbonyl (C=O) groups is 2. The van der Waals surface area contributed by atoms with E-state index in [1.54, 1.807) is 12.1 Å². The van der Waals surface area contributed by atoms with E-state index in [0.717, 1.165) is 25.9 Å². The van der Waals surface area contributed by atoms with Gasteiger partial charge in [0.25, 0.3) is 5.91 Å². The van der Waals surface area contributed by atoms with Crippen LogP contribution in [0.5, 0.6) is 0 Å². The molecule has 0 saturated heterocycles. The Morgan fingerprint density at radius 3 is 2.42 bits per heavy atom. The molecular weight excluding hydrogens is 412 g/mol. The largest absolute Gasteiger partial charge is 0.279 e. The maximum absolute atomic E-state index is 11.9. The molecule has 2 aromatic rings. The number of thiophene rings is 1. The molecule has 0 saturated carbocycles. The van der Waals surface area contributed by atoms with Gasteiger partial charge in [0.05, 0.1) is 8.66 Å². The molecule has 24 heavy (non-hydrogen) atoms. The Labute approximate surface area is 157 Å². The molecule has 6 nitrogen and oxygen atoms in total. The Bertz CT molecular complexity index is 741. The van der Waals surface area contributed by atoms with Crippen LogP contribution in [0.3, 0.4) is 0 Å². The van der Waals surface area contributed by atoms with E-state index in [1.807, 2.05) is 20.1 Å². The first kappa shape index (κ1) is 18.9. The number of aryl methyl sites for hydroxylation is 2. The molecule has 0 aliphatic heterocycles. The summed E-state index contributed by atoms with van der Waals surface area (Å²) in [7, 11) is 0. The summed E-state index contributed by atoms with van der Waals surface area (Å²) in [5, 5.41) is 0.729. The van der Waals surface area contributed by atoms with Gasteiger partial charge < -0.3 is 0 Å². The molecule has 0 spiro atoms. The Balaban J connectivity index is 1.86. The first-order valence-corrected chi connectivity index (χ1v) is 9.96. The fourth-order valence-corrected chi connectivity index (χ4v) is 3.82. The number of halogens is 1. The van der Waals surface area contributed by atoms with Gasteiger partial charge in [0.15, 0.2) is 5.16 Å². The molecule has 2 aromatic heterocycles. The number of hydrogen-bond acceptors (Lipinski definition) is 6. The maximum Gasteiger partial charge on any atom is 0.279 e. The summed E-state index contributed by atoms with van der Waals surface area (Å²) in [6.45, 7) is 3.83. The van der Waals surface area contributed by atoms with Gasteiger partial charge in [-0.25, -0.2) is 9.97 Å². The zero-order valence-corrected chi connectivity index (χ0v) is 16.7. The van der Waals surface area contributed by atoms with Gasteiger partial charge in [0.1, 0.15) is 0 Å². The SMILES string of the molecule is CSc1nc(C)c(CCC(=O)NNC(=O)c2ccc(Br)s2)c(C)n1. The lowest BCUT2D eigenvalue weighted by atomic mass is 10.1. The van der Waals surface area contributed by atoms with E-state index in [0.29, 0.717) is 11.3 Å². The molecule has 0 bridgehead atoms. The van der Waals surface area contributed by atoms with E-state index in [9.17, 15) is 9.59 Å². The molecule has 2 N–H and O–H groups in total. The first-order valence-electron chi connectivity index (χ1n) is 7.13. The third-order valence-corrected chi connectivity index (χ3v) is 5.47. The predicted octanol–water partition coefficient (Wildman–Crippen LogP) is 3.03. The van der Waals surface area contributed by atoms with Crippen LogP contribution in [0.15, 0.2) is 21.1 Å². The van der Waals surface area contributed by atoms with Crippen LogP contribution in [0, 0.1) is 13.8 Å². The van der Waals surface area contributed by atoms with Gasteiger partial charge in [0.2, 0.25) is 5.91 Å². The Morgan fingerprint density at radius 1 is 1.21 bits per heavy atom. The second kappa shape index (κ2) is 8.59. The number of nitrogens with one attached hydrogen (secondary N) is 2. The molecule has 9 heteroatoms. The number of rotatable bonds is 5. The highest BCUT2D eigenvalue weighted by molar-refractivity contribution is 9.11. The summed E-state index contributed by atoms with van der Waals surface area (Å²) < 4.78 is 0.860. The molecule has 0 atom stereocenters. The summed E-state index contributed by atoms with van der Waals surface area (Å²) in [6.07, 6.45) is 2.70. The summed E-state index contributed by atoms with van der Waals surface area (Å²) in [5.41, 5.74) is 7.57. The molecule has 0 radical (unpaired) electrons. The van der Waals surface area contributed by atoms with Crippen LogP contribution in [-0.4, -0.2) is 28.0 Å². The van der Waals surface area contributed by atoms with Crippen LogP contribution in [0.25, 0.3) is 0 Å². The van der Waals surface area contributed by atoms with Gasteiger partial charge in [-0.2, -0.15) is 0 Å². The van der Waals surface area contributed by atoms with Crippen molar-refractivity contribution in [3.63, 3.8) is 0 Å². The molecule has 2 amide bonds. The quantitative estimate of drug-likeness (QED) is 0.434. The number of hydrazine groups is 1. The number of hydrogen-bond donors (Lipinski definition) is 2. The summed E-state index contributed by atoms with van der Waals surface area (Å²) in [5.74, 6) is -0.592. The second-order valence-electron chi connectivity index (χ2n) is 4.97. The van der Waals surface area contributed by atoms with Crippen molar-refractivity contribution in [1.82, 2.24) is 20.8 Å². The molecule has 2 rings (SSSR count). The number of nitrogens with zero attached hydrogens (tertiary/aromatic N) is 2. The lowest BCUT2D eigenvalue weighted by Gasteiger charge is -2.10. The summed E-state index contributed by atoms with van der Waals surface area (Å²) >= 11 is 6.08. The van der Waals surface area contributed by atoms with Gasteiger partial charge >= 0.3 is 0 Å². The van der Waals surface area contributed by atoms with Crippen molar-refractivity contribution in [2.45, 2.75) is 31.8 Å². The lowest BCUT2D eigenvalue weighted by molar-refractivity contribution is -0.121. The zero-order chi connectivity index (χ0) is 17.7. The highest BCUT2D eigenvalue weighted by Gasteiger charge is 2.12. The van der Waals surface area contributed by atoms with E-state index in [2.05, 4.69) is 36.7 Å². The van der Waals surface area contributed by atoms with Crippen LogP contribution in [0.1, 0.15) is 33.0 Å². The third kappa shape index (κ3) is 5.02.